The van der Waals surface area contributed by atoms with Crippen LogP contribution in [0.25, 0.3) is 0 Å². The molecule has 1 aliphatic rings. The van der Waals surface area contributed by atoms with Crippen LogP contribution in [0.1, 0.15) is 16.7 Å². The molecule has 114 valence electrons. The van der Waals surface area contributed by atoms with E-state index in [9.17, 15) is 17.6 Å². The number of rotatable bonds is 2. The molecule has 1 aliphatic heterocycles. The number of nitrogens with zero attached hydrogens (tertiary/aromatic N) is 1. The highest BCUT2D eigenvalue weighted by Crippen LogP contribution is 2.32. The van der Waals surface area contributed by atoms with Crippen LogP contribution in [0.15, 0.2) is 41.4 Å². The lowest BCUT2D eigenvalue weighted by atomic mass is 10.0. The Morgan fingerprint density at radius 3 is 2.41 bits per heavy atom. The third-order valence-corrected chi connectivity index (χ3v) is 3.39. The minimum atomic E-state index is -4.71. The molecule has 2 nitrogen and oxygen atoms in total. The highest BCUT2D eigenvalue weighted by molar-refractivity contribution is 6.06. The maximum absolute atomic E-state index is 13.5. The number of aliphatic imine (C=N–C) groups is 1. The largest absolute Gasteiger partial charge is 0.573 e. The normalized spacial score (nSPS) is 13.8. The van der Waals surface area contributed by atoms with E-state index in [-0.39, 0.29) is 11.6 Å². The molecule has 3 rings (SSSR count). The Morgan fingerprint density at radius 1 is 1.09 bits per heavy atom. The van der Waals surface area contributed by atoms with E-state index in [1.54, 1.807) is 13.0 Å². The molecule has 2 aromatic carbocycles. The molecule has 0 amide bonds. The zero-order chi connectivity index (χ0) is 15.9. The number of fused-ring (bicyclic) bond motifs is 1. The summed E-state index contributed by atoms with van der Waals surface area (Å²) in [6.45, 7) is 1.66. The first kappa shape index (κ1) is 14.6. The molecule has 2 aromatic rings. The Labute approximate surface area is 124 Å². The average molecular weight is 309 g/mol. The van der Waals surface area contributed by atoms with E-state index >= 15 is 0 Å². The van der Waals surface area contributed by atoms with Crippen molar-refractivity contribution in [3.8, 4) is 5.75 Å². The Kier molecular flexibility index (Phi) is 3.39. The summed E-state index contributed by atoms with van der Waals surface area (Å²) in [6.07, 6.45) is -4.26. The van der Waals surface area contributed by atoms with Gasteiger partial charge in [-0.1, -0.05) is 0 Å². The summed E-state index contributed by atoms with van der Waals surface area (Å²) in [5, 5.41) is 0. The van der Waals surface area contributed by atoms with Crippen LogP contribution in [0.2, 0.25) is 0 Å². The molecule has 0 saturated heterocycles. The van der Waals surface area contributed by atoms with Gasteiger partial charge in [-0.25, -0.2) is 4.39 Å². The van der Waals surface area contributed by atoms with Crippen LogP contribution in [0.3, 0.4) is 0 Å². The van der Waals surface area contributed by atoms with Crippen molar-refractivity contribution < 1.29 is 22.3 Å². The predicted molar refractivity (Wildman–Crippen MR) is 74.2 cm³/mol. The standard InChI is InChI=1S/C16H11F4NO/c1-9-6-14-11(7-13(9)17)8-15(21-14)10-2-4-12(5-3-10)22-16(18,19)20/h2-7H,8H2,1H3. The van der Waals surface area contributed by atoms with Crippen molar-refractivity contribution >= 4 is 11.4 Å². The number of halogens is 4. The van der Waals surface area contributed by atoms with E-state index in [0.717, 1.165) is 5.56 Å². The van der Waals surface area contributed by atoms with Crippen molar-refractivity contribution in [2.24, 2.45) is 4.99 Å². The van der Waals surface area contributed by atoms with Crippen molar-refractivity contribution in [1.82, 2.24) is 0 Å². The van der Waals surface area contributed by atoms with Gasteiger partial charge in [0.1, 0.15) is 11.6 Å². The summed E-state index contributed by atoms with van der Waals surface area (Å²) in [5.41, 5.74) is 3.36. The smallest absolute Gasteiger partial charge is 0.406 e. The average Bonchev–Trinajstić information content (AvgIpc) is 2.81. The molecule has 1 heterocycles. The lowest BCUT2D eigenvalue weighted by molar-refractivity contribution is -0.274. The molecule has 0 aromatic heterocycles. The van der Waals surface area contributed by atoms with Crippen LogP contribution in [0.4, 0.5) is 23.2 Å². The molecular weight excluding hydrogens is 298 g/mol. The minimum absolute atomic E-state index is 0.283. The van der Waals surface area contributed by atoms with Gasteiger partial charge in [0, 0.05) is 6.42 Å². The van der Waals surface area contributed by atoms with Crippen LogP contribution in [0, 0.1) is 12.7 Å². The van der Waals surface area contributed by atoms with Crippen LogP contribution >= 0.6 is 0 Å². The SMILES string of the molecule is Cc1cc2c(cc1F)CC(c1ccc(OC(F)(F)F)cc1)=N2. The second-order valence-electron chi connectivity index (χ2n) is 5.04. The summed E-state index contributed by atoms with van der Waals surface area (Å²) < 4.78 is 53.7. The predicted octanol–water partition coefficient (Wildman–Crippen LogP) is 4.71. The second-order valence-corrected chi connectivity index (χ2v) is 5.04. The number of hydrogen-bond donors (Lipinski definition) is 0. The summed E-state index contributed by atoms with van der Waals surface area (Å²) in [5.74, 6) is -0.571. The van der Waals surface area contributed by atoms with Gasteiger partial charge < -0.3 is 4.74 Å². The number of ether oxygens (including phenoxy) is 1. The second kappa shape index (κ2) is 5.12. The Morgan fingerprint density at radius 2 is 1.77 bits per heavy atom. The van der Waals surface area contributed by atoms with Gasteiger partial charge >= 0.3 is 6.36 Å². The van der Waals surface area contributed by atoms with Crippen LogP contribution in [-0.2, 0) is 6.42 Å². The molecule has 0 N–H and O–H groups in total. The third-order valence-electron chi connectivity index (χ3n) is 3.39. The van der Waals surface area contributed by atoms with Gasteiger partial charge in [-0.05, 0) is 60.0 Å². The Bertz CT molecular complexity index is 748. The first-order chi connectivity index (χ1) is 10.3. The fourth-order valence-electron chi connectivity index (χ4n) is 2.33. The first-order valence-corrected chi connectivity index (χ1v) is 6.54. The van der Waals surface area contributed by atoms with Gasteiger partial charge in [-0.3, -0.25) is 4.99 Å². The van der Waals surface area contributed by atoms with Gasteiger partial charge in [0.05, 0.1) is 11.4 Å². The molecule has 0 fully saturated rings. The monoisotopic (exact) mass is 309 g/mol. The topological polar surface area (TPSA) is 21.6 Å². The summed E-state index contributed by atoms with van der Waals surface area (Å²) in [4.78, 5) is 4.42. The number of alkyl halides is 3. The van der Waals surface area contributed by atoms with E-state index in [2.05, 4.69) is 9.73 Å². The first-order valence-electron chi connectivity index (χ1n) is 6.54. The van der Waals surface area contributed by atoms with Gasteiger partial charge in [-0.2, -0.15) is 0 Å². The van der Waals surface area contributed by atoms with E-state index in [4.69, 9.17) is 0 Å². The van der Waals surface area contributed by atoms with Gasteiger partial charge in [0.25, 0.3) is 0 Å². The fraction of sp³-hybridized carbons (Fsp3) is 0.188. The third kappa shape index (κ3) is 2.95. The van der Waals surface area contributed by atoms with Crippen molar-refractivity contribution in [2.75, 3.05) is 0 Å². The van der Waals surface area contributed by atoms with Gasteiger partial charge in [0.15, 0.2) is 0 Å². The maximum atomic E-state index is 13.5. The summed E-state index contributed by atoms with van der Waals surface area (Å²) in [7, 11) is 0. The molecule has 0 spiro atoms. The molecule has 0 radical (unpaired) electrons. The van der Waals surface area contributed by atoms with Crippen molar-refractivity contribution in [2.45, 2.75) is 19.7 Å². The summed E-state index contributed by atoms with van der Waals surface area (Å²) in [6, 6.07) is 8.60. The van der Waals surface area contributed by atoms with E-state index in [1.807, 2.05) is 0 Å². The zero-order valence-electron chi connectivity index (χ0n) is 11.5. The number of aryl methyl sites for hydroxylation is 1. The molecule has 0 aliphatic carbocycles. The number of benzene rings is 2. The zero-order valence-corrected chi connectivity index (χ0v) is 11.5. The van der Waals surface area contributed by atoms with Crippen molar-refractivity contribution in [3.05, 3.63) is 58.9 Å². The quantitative estimate of drug-likeness (QED) is 0.736. The fourth-order valence-corrected chi connectivity index (χ4v) is 2.33. The molecule has 0 saturated carbocycles. The highest BCUT2D eigenvalue weighted by atomic mass is 19.4. The molecule has 22 heavy (non-hydrogen) atoms. The Balaban J connectivity index is 1.83. The van der Waals surface area contributed by atoms with Crippen molar-refractivity contribution in [1.29, 1.82) is 0 Å². The maximum Gasteiger partial charge on any atom is 0.573 e. The lowest BCUT2D eigenvalue weighted by Gasteiger charge is -2.09. The van der Waals surface area contributed by atoms with Gasteiger partial charge in [0.2, 0.25) is 0 Å². The van der Waals surface area contributed by atoms with Crippen LogP contribution in [-0.4, -0.2) is 12.1 Å². The molecule has 0 atom stereocenters. The molecule has 0 bridgehead atoms. The van der Waals surface area contributed by atoms with E-state index < -0.39 is 6.36 Å². The minimum Gasteiger partial charge on any atom is -0.406 e. The van der Waals surface area contributed by atoms with E-state index in [0.29, 0.717) is 28.9 Å². The molecule has 6 heteroatoms. The van der Waals surface area contributed by atoms with Crippen LogP contribution in [0.5, 0.6) is 5.75 Å². The Hall–Kier alpha value is -2.37. The van der Waals surface area contributed by atoms with Crippen molar-refractivity contribution in [3.63, 3.8) is 0 Å². The molecule has 0 unspecified atom stereocenters. The van der Waals surface area contributed by atoms with Crippen LogP contribution < -0.4 is 4.74 Å². The summed E-state index contributed by atoms with van der Waals surface area (Å²) >= 11 is 0. The highest BCUT2D eigenvalue weighted by Gasteiger charge is 2.31. The lowest BCUT2D eigenvalue weighted by Crippen LogP contribution is -2.17. The van der Waals surface area contributed by atoms with Gasteiger partial charge in [-0.15, -0.1) is 13.2 Å². The number of hydrogen-bond acceptors (Lipinski definition) is 2. The molecular formula is C16H11F4NO. The van der Waals surface area contributed by atoms with E-state index in [1.165, 1.54) is 30.3 Å².